The first-order chi connectivity index (χ1) is 6.36. The van der Waals surface area contributed by atoms with Gasteiger partial charge in [-0.2, -0.15) is 5.10 Å². The van der Waals surface area contributed by atoms with Gasteiger partial charge in [-0.05, 0) is 25.5 Å². The van der Waals surface area contributed by atoms with Crippen LogP contribution in [0, 0.1) is 0 Å². The lowest BCUT2D eigenvalue weighted by molar-refractivity contribution is 0.353. The number of nitrogen functional groups attached to an aromatic ring is 1. The molecule has 4 heteroatoms. The Morgan fingerprint density at radius 1 is 1.62 bits per heavy atom. The van der Waals surface area contributed by atoms with E-state index >= 15 is 0 Å². The van der Waals surface area contributed by atoms with E-state index in [0.29, 0.717) is 6.04 Å². The van der Waals surface area contributed by atoms with Gasteiger partial charge in [-0.15, -0.1) is 0 Å². The van der Waals surface area contributed by atoms with E-state index in [9.17, 15) is 0 Å². The van der Waals surface area contributed by atoms with Gasteiger partial charge in [0.2, 0.25) is 0 Å². The topological polar surface area (TPSA) is 55.9 Å². The molecule has 3 N–H and O–H groups in total. The molecule has 1 aromatic rings. The van der Waals surface area contributed by atoms with Gasteiger partial charge in [0.05, 0.1) is 12.7 Å². The molecule has 2 rings (SSSR count). The molecule has 0 saturated carbocycles. The second-order valence-corrected chi connectivity index (χ2v) is 3.59. The van der Waals surface area contributed by atoms with E-state index in [4.69, 9.17) is 5.73 Å². The number of hydrogen-bond donors (Lipinski definition) is 2. The molecule has 1 aliphatic rings. The summed E-state index contributed by atoms with van der Waals surface area (Å²) in [6.45, 7) is 2.03. The summed E-state index contributed by atoms with van der Waals surface area (Å²) in [5.74, 6) is 0.757. The lowest BCUT2D eigenvalue weighted by atomic mass is 10.1. The Morgan fingerprint density at radius 2 is 2.54 bits per heavy atom. The summed E-state index contributed by atoms with van der Waals surface area (Å²) < 4.78 is 1.86. The van der Waals surface area contributed by atoms with Gasteiger partial charge < -0.3 is 11.1 Å². The van der Waals surface area contributed by atoms with Gasteiger partial charge in [-0.1, -0.05) is 6.42 Å². The van der Waals surface area contributed by atoms with Crippen LogP contribution in [-0.4, -0.2) is 22.4 Å². The van der Waals surface area contributed by atoms with Gasteiger partial charge >= 0.3 is 0 Å². The van der Waals surface area contributed by atoms with Crippen LogP contribution < -0.4 is 11.1 Å². The number of hydrogen-bond acceptors (Lipinski definition) is 3. The number of nitrogens with two attached hydrogens (primary N) is 1. The van der Waals surface area contributed by atoms with Crippen molar-refractivity contribution in [2.45, 2.75) is 31.8 Å². The summed E-state index contributed by atoms with van der Waals surface area (Å²) in [5.41, 5.74) is 5.73. The summed E-state index contributed by atoms with van der Waals surface area (Å²) in [5, 5.41) is 7.63. The maximum absolute atomic E-state index is 5.73. The Balaban J connectivity index is 1.93. The van der Waals surface area contributed by atoms with Gasteiger partial charge in [0.15, 0.2) is 0 Å². The van der Waals surface area contributed by atoms with Crippen molar-refractivity contribution in [2.24, 2.45) is 0 Å². The molecule has 0 aliphatic carbocycles. The normalized spacial score (nSPS) is 23.2. The summed E-state index contributed by atoms with van der Waals surface area (Å²) in [6, 6.07) is 2.39. The number of anilines is 1. The Labute approximate surface area is 78.1 Å². The molecule has 1 atom stereocenters. The van der Waals surface area contributed by atoms with Crippen LogP contribution in [-0.2, 0) is 6.54 Å². The fraction of sp³-hybridized carbons (Fsp3) is 0.667. The fourth-order valence-electron chi connectivity index (χ4n) is 1.78. The maximum atomic E-state index is 5.73. The second kappa shape index (κ2) is 3.79. The lowest BCUT2D eigenvalue weighted by Crippen LogP contribution is -2.37. The van der Waals surface area contributed by atoms with Gasteiger partial charge in [0.25, 0.3) is 0 Å². The standard InChI is InChI=1S/C9H16N4/c10-9-4-6-12-13(9)7-8-3-1-2-5-11-8/h4,6,8,11H,1-3,5,7,10H2. The van der Waals surface area contributed by atoms with Crippen LogP contribution in [0.15, 0.2) is 12.3 Å². The van der Waals surface area contributed by atoms with Crippen molar-refractivity contribution >= 4 is 5.82 Å². The van der Waals surface area contributed by atoms with E-state index in [1.807, 2.05) is 10.7 Å². The van der Waals surface area contributed by atoms with E-state index in [2.05, 4.69) is 10.4 Å². The van der Waals surface area contributed by atoms with E-state index in [0.717, 1.165) is 18.9 Å². The van der Waals surface area contributed by atoms with Crippen LogP contribution in [0.4, 0.5) is 5.82 Å². The van der Waals surface area contributed by atoms with E-state index in [1.165, 1.54) is 19.3 Å². The van der Waals surface area contributed by atoms with Gasteiger partial charge in [0.1, 0.15) is 5.82 Å². The van der Waals surface area contributed by atoms with Crippen molar-refractivity contribution in [3.8, 4) is 0 Å². The highest BCUT2D eigenvalue weighted by molar-refractivity contribution is 5.25. The SMILES string of the molecule is Nc1ccnn1CC1CCCCN1. The van der Waals surface area contributed by atoms with Gasteiger partial charge in [-0.25, -0.2) is 4.68 Å². The minimum Gasteiger partial charge on any atom is -0.384 e. The zero-order valence-electron chi connectivity index (χ0n) is 7.74. The zero-order valence-corrected chi connectivity index (χ0v) is 7.74. The Kier molecular flexibility index (Phi) is 2.49. The third kappa shape index (κ3) is 2.01. The molecule has 0 radical (unpaired) electrons. The van der Waals surface area contributed by atoms with Crippen molar-refractivity contribution in [3.63, 3.8) is 0 Å². The average Bonchev–Trinajstić information content (AvgIpc) is 2.54. The molecule has 1 aliphatic heterocycles. The summed E-state index contributed by atoms with van der Waals surface area (Å²) >= 11 is 0. The molecule has 0 aromatic carbocycles. The molecule has 0 amide bonds. The van der Waals surface area contributed by atoms with Crippen molar-refractivity contribution in [1.29, 1.82) is 0 Å². The molecule has 0 bridgehead atoms. The van der Waals surface area contributed by atoms with Crippen LogP contribution in [0.25, 0.3) is 0 Å². The Bertz CT molecular complexity index is 262. The van der Waals surface area contributed by atoms with Crippen molar-refractivity contribution in [1.82, 2.24) is 15.1 Å². The highest BCUT2D eigenvalue weighted by Crippen LogP contribution is 2.10. The molecule has 72 valence electrons. The molecular weight excluding hydrogens is 164 g/mol. The number of aromatic nitrogens is 2. The predicted molar refractivity (Wildman–Crippen MR) is 52.3 cm³/mol. The summed E-state index contributed by atoms with van der Waals surface area (Å²) in [4.78, 5) is 0. The zero-order chi connectivity index (χ0) is 9.10. The number of nitrogens with zero attached hydrogens (tertiary/aromatic N) is 2. The minimum atomic E-state index is 0.552. The Hall–Kier alpha value is -1.03. The molecule has 2 heterocycles. The monoisotopic (exact) mass is 180 g/mol. The first kappa shape index (κ1) is 8.56. The van der Waals surface area contributed by atoms with Crippen molar-refractivity contribution in [3.05, 3.63) is 12.3 Å². The van der Waals surface area contributed by atoms with E-state index in [1.54, 1.807) is 6.20 Å². The largest absolute Gasteiger partial charge is 0.384 e. The quantitative estimate of drug-likeness (QED) is 0.701. The van der Waals surface area contributed by atoms with Gasteiger partial charge in [0, 0.05) is 6.04 Å². The third-order valence-corrected chi connectivity index (χ3v) is 2.56. The highest BCUT2D eigenvalue weighted by atomic mass is 15.3. The molecule has 1 unspecified atom stereocenters. The second-order valence-electron chi connectivity index (χ2n) is 3.59. The fourth-order valence-corrected chi connectivity index (χ4v) is 1.78. The van der Waals surface area contributed by atoms with Crippen molar-refractivity contribution in [2.75, 3.05) is 12.3 Å². The Morgan fingerprint density at radius 3 is 3.15 bits per heavy atom. The van der Waals surface area contributed by atoms with Gasteiger partial charge in [-0.3, -0.25) is 0 Å². The number of rotatable bonds is 2. The first-order valence-electron chi connectivity index (χ1n) is 4.87. The lowest BCUT2D eigenvalue weighted by Gasteiger charge is -2.23. The first-order valence-corrected chi connectivity index (χ1v) is 4.87. The molecule has 1 fully saturated rings. The van der Waals surface area contributed by atoms with Crippen LogP contribution >= 0.6 is 0 Å². The number of nitrogens with one attached hydrogen (secondary N) is 1. The van der Waals surface area contributed by atoms with Crippen LogP contribution in [0.3, 0.4) is 0 Å². The average molecular weight is 180 g/mol. The van der Waals surface area contributed by atoms with Crippen LogP contribution in [0.5, 0.6) is 0 Å². The van der Waals surface area contributed by atoms with Crippen LogP contribution in [0.1, 0.15) is 19.3 Å². The highest BCUT2D eigenvalue weighted by Gasteiger charge is 2.13. The van der Waals surface area contributed by atoms with Crippen LogP contribution in [0.2, 0.25) is 0 Å². The predicted octanol–water partition coefficient (Wildman–Crippen LogP) is 0.607. The molecule has 0 spiro atoms. The van der Waals surface area contributed by atoms with Crippen molar-refractivity contribution < 1.29 is 0 Å². The van der Waals surface area contributed by atoms with E-state index < -0.39 is 0 Å². The summed E-state index contributed by atoms with van der Waals surface area (Å²) in [6.07, 6.45) is 5.60. The minimum absolute atomic E-state index is 0.552. The maximum Gasteiger partial charge on any atom is 0.121 e. The molecule has 1 saturated heterocycles. The molecule has 1 aromatic heterocycles. The molecule has 4 nitrogen and oxygen atoms in total. The smallest absolute Gasteiger partial charge is 0.121 e. The summed E-state index contributed by atoms with van der Waals surface area (Å²) in [7, 11) is 0. The molecular formula is C9H16N4. The molecule has 13 heavy (non-hydrogen) atoms. The third-order valence-electron chi connectivity index (χ3n) is 2.56. The van der Waals surface area contributed by atoms with E-state index in [-0.39, 0.29) is 0 Å². The number of piperidine rings is 1.